The molecule has 0 atom stereocenters. The largest absolute Gasteiger partial charge is 0.348 e. The zero-order chi connectivity index (χ0) is 12.1. The first-order valence-electron chi connectivity index (χ1n) is 5.83. The number of rotatable bonds is 6. The number of nitrogens with zero attached hydrogens (tertiary/aromatic N) is 2. The van der Waals surface area contributed by atoms with Crippen molar-refractivity contribution in [3.63, 3.8) is 0 Å². The SMILES string of the molecule is CCCN(CCC)c1nc(C)c(C(C)=O)s1. The fraction of sp³-hybridized carbons (Fsp3) is 0.667. The molecule has 0 aromatic carbocycles. The van der Waals surface area contributed by atoms with Crippen LogP contribution in [0, 0.1) is 6.92 Å². The molecule has 0 amide bonds. The summed E-state index contributed by atoms with van der Waals surface area (Å²) in [5.41, 5.74) is 0.865. The second-order valence-corrected chi connectivity index (χ2v) is 4.93. The van der Waals surface area contributed by atoms with Gasteiger partial charge in [-0.05, 0) is 19.8 Å². The zero-order valence-electron chi connectivity index (χ0n) is 10.5. The summed E-state index contributed by atoms with van der Waals surface area (Å²) >= 11 is 1.52. The van der Waals surface area contributed by atoms with Gasteiger partial charge in [0.25, 0.3) is 0 Å². The summed E-state index contributed by atoms with van der Waals surface area (Å²) in [6.45, 7) is 9.86. The van der Waals surface area contributed by atoms with Crippen molar-refractivity contribution in [2.75, 3.05) is 18.0 Å². The van der Waals surface area contributed by atoms with Crippen LogP contribution in [0.5, 0.6) is 0 Å². The van der Waals surface area contributed by atoms with Crippen LogP contribution in [0.15, 0.2) is 0 Å². The average molecular weight is 240 g/mol. The number of thiazole rings is 1. The molecule has 1 heterocycles. The highest BCUT2D eigenvalue weighted by Crippen LogP contribution is 2.26. The van der Waals surface area contributed by atoms with E-state index in [1.54, 1.807) is 6.92 Å². The molecule has 90 valence electrons. The molecule has 1 rings (SSSR count). The van der Waals surface area contributed by atoms with Gasteiger partial charge in [-0.15, -0.1) is 0 Å². The number of carbonyl (C=O) groups is 1. The van der Waals surface area contributed by atoms with Gasteiger partial charge < -0.3 is 4.90 Å². The van der Waals surface area contributed by atoms with Crippen LogP contribution in [0.3, 0.4) is 0 Å². The Morgan fingerprint density at radius 1 is 1.31 bits per heavy atom. The average Bonchev–Trinajstić information content (AvgIpc) is 2.60. The van der Waals surface area contributed by atoms with Crippen LogP contribution in [0.2, 0.25) is 0 Å². The Labute approximate surface area is 101 Å². The molecule has 1 aromatic heterocycles. The highest BCUT2D eigenvalue weighted by atomic mass is 32.1. The van der Waals surface area contributed by atoms with Gasteiger partial charge in [0.1, 0.15) is 0 Å². The van der Waals surface area contributed by atoms with Gasteiger partial charge in [0.15, 0.2) is 10.9 Å². The van der Waals surface area contributed by atoms with Crippen LogP contribution in [0.25, 0.3) is 0 Å². The highest BCUT2D eigenvalue weighted by Gasteiger charge is 2.15. The molecular weight excluding hydrogens is 220 g/mol. The monoisotopic (exact) mass is 240 g/mol. The number of carbonyl (C=O) groups excluding carboxylic acids is 1. The normalized spacial score (nSPS) is 10.5. The molecule has 0 spiro atoms. The van der Waals surface area contributed by atoms with E-state index in [4.69, 9.17) is 0 Å². The van der Waals surface area contributed by atoms with Crippen molar-refractivity contribution in [3.05, 3.63) is 10.6 Å². The number of ketones is 1. The van der Waals surface area contributed by atoms with Crippen LogP contribution < -0.4 is 4.90 Å². The van der Waals surface area contributed by atoms with Crippen molar-refractivity contribution in [1.82, 2.24) is 4.98 Å². The maximum Gasteiger partial charge on any atom is 0.186 e. The van der Waals surface area contributed by atoms with E-state index < -0.39 is 0 Å². The number of aromatic nitrogens is 1. The lowest BCUT2D eigenvalue weighted by Gasteiger charge is -2.19. The molecule has 4 heteroatoms. The van der Waals surface area contributed by atoms with E-state index in [9.17, 15) is 4.79 Å². The minimum Gasteiger partial charge on any atom is -0.348 e. The number of anilines is 1. The Morgan fingerprint density at radius 2 is 1.88 bits per heavy atom. The predicted molar refractivity (Wildman–Crippen MR) is 69.7 cm³/mol. The minimum absolute atomic E-state index is 0.120. The van der Waals surface area contributed by atoms with E-state index in [1.165, 1.54) is 11.3 Å². The molecule has 0 aliphatic carbocycles. The Balaban J connectivity index is 2.92. The maximum atomic E-state index is 11.4. The molecule has 0 N–H and O–H groups in total. The quantitative estimate of drug-likeness (QED) is 0.715. The number of hydrogen-bond donors (Lipinski definition) is 0. The second-order valence-electron chi connectivity index (χ2n) is 3.95. The second kappa shape index (κ2) is 5.99. The van der Waals surface area contributed by atoms with Crippen LogP contribution in [-0.4, -0.2) is 23.9 Å². The van der Waals surface area contributed by atoms with Crippen LogP contribution in [-0.2, 0) is 0 Å². The van der Waals surface area contributed by atoms with Crippen molar-refractivity contribution in [2.45, 2.75) is 40.5 Å². The van der Waals surface area contributed by atoms with E-state index in [0.29, 0.717) is 0 Å². The van der Waals surface area contributed by atoms with E-state index >= 15 is 0 Å². The number of Topliss-reactive ketones (excluding diaryl/α,β-unsaturated/α-hetero) is 1. The lowest BCUT2D eigenvalue weighted by atomic mass is 10.3. The fourth-order valence-electron chi connectivity index (χ4n) is 1.69. The molecule has 0 bridgehead atoms. The minimum atomic E-state index is 0.120. The third-order valence-electron chi connectivity index (χ3n) is 2.36. The predicted octanol–water partition coefficient (Wildman–Crippen LogP) is 3.28. The molecule has 1 aromatic rings. The first-order valence-corrected chi connectivity index (χ1v) is 6.65. The van der Waals surface area contributed by atoms with Crippen LogP contribution in [0.4, 0.5) is 5.13 Å². The standard InChI is InChI=1S/C12H20N2OS/c1-5-7-14(8-6-2)12-13-9(3)11(16-12)10(4)15/h5-8H2,1-4H3. The number of aryl methyl sites for hydroxylation is 1. The van der Waals surface area contributed by atoms with Gasteiger partial charge in [-0.25, -0.2) is 4.98 Å². The molecule has 0 unspecified atom stereocenters. The van der Waals surface area contributed by atoms with E-state index in [1.807, 2.05) is 6.92 Å². The van der Waals surface area contributed by atoms with Gasteiger partial charge in [-0.3, -0.25) is 4.79 Å². The van der Waals surface area contributed by atoms with Crippen LogP contribution >= 0.6 is 11.3 Å². The molecule has 16 heavy (non-hydrogen) atoms. The van der Waals surface area contributed by atoms with Gasteiger partial charge in [0, 0.05) is 20.0 Å². The lowest BCUT2D eigenvalue weighted by Crippen LogP contribution is -2.24. The van der Waals surface area contributed by atoms with Crippen LogP contribution in [0.1, 0.15) is 49.0 Å². The van der Waals surface area contributed by atoms with Crippen molar-refractivity contribution in [2.24, 2.45) is 0 Å². The summed E-state index contributed by atoms with van der Waals surface area (Å²) in [6.07, 6.45) is 2.21. The summed E-state index contributed by atoms with van der Waals surface area (Å²) in [5.74, 6) is 0.120. The summed E-state index contributed by atoms with van der Waals surface area (Å²) in [5, 5.41) is 0.992. The molecule has 0 radical (unpaired) electrons. The van der Waals surface area contributed by atoms with Gasteiger partial charge in [0.05, 0.1) is 10.6 Å². The molecule has 0 aliphatic rings. The van der Waals surface area contributed by atoms with Gasteiger partial charge >= 0.3 is 0 Å². The van der Waals surface area contributed by atoms with E-state index in [0.717, 1.165) is 41.6 Å². The smallest absolute Gasteiger partial charge is 0.186 e. The number of hydrogen-bond acceptors (Lipinski definition) is 4. The third kappa shape index (κ3) is 3.04. The molecule has 0 aliphatic heterocycles. The first-order chi connectivity index (χ1) is 7.60. The molecule has 0 saturated carbocycles. The van der Waals surface area contributed by atoms with Crippen molar-refractivity contribution < 1.29 is 4.79 Å². The Bertz CT molecular complexity index is 354. The van der Waals surface area contributed by atoms with E-state index in [2.05, 4.69) is 23.7 Å². The van der Waals surface area contributed by atoms with E-state index in [-0.39, 0.29) is 5.78 Å². The van der Waals surface area contributed by atoms with Gasteiger partial charge in [0.2, 0.25) is 0 Å². The first kappa shape index (κ1) is 13.2. The third-order valence-corrected chi connectivity index (χ3v) is 3.68. The summed E-state index contributed by atoms with van der Waals surface area (Å²) in [4.78, 5) is 18.9. The Hall–Kier alpha value is -0.900. The van der Waals surface area contributed by atoms with Crippen molar-refractivity contribution >= 4 is 22.3 Å². The summed E-state index contributed by atoms with van der Waals surface area (Å²) in [7, 11) is 0. The van der Waals surface area contributed by atoms with Gasteiger partial charge in [-0.2, -0.15) is 0 Å². The van der Waals surface area contributed by atoms with Crippen molar-refractivity contribution in [3.8, 4) is 0 Å². The Morgan fingerprint density at radius 3 is 2.25 bits per heavy atom. The maximum absolute atomic E-state index is 11.4. The van der Waals surface area contributed by atoms with Crippen molar-refractivity contribution in [1.29, 1.82) is 0 Å². The Kier molecular flexibility index (Phi) is 4.93. The lowest BCUT2D eigenvalue weighted by molar-refractivity contribution is 0.102. The topological polar surface area (TPSA) is 33.2 Å². The summed E-state index contributed by atoms with van der Waals surface area (Å²) in [6, 6.07) is 0. The molecular formula is C12H20N2OS. The van der Waals surface area contributed by atoms with Gasteiger partial charge in [-0.1, -0.05) is 25.2 Å². The highest BCUT2D eigenvalue weighted by molar-refractivity contribution is 7.17. The fourth-order valence-corrected chi connectivity index (χ4v) is 2.70. The molecule has 0 fully saturated rings. The zero-order valence-corrected chi connectivity index (χ0v) is 11.4. The molecule has 3 nitrogen and oxygen atoms in total. The molecule has 0 saturated heterocycles. The summed E-state index contributed by atoms with van der Waals surface area (Å²) < 4.78 is 0.